The van der Waals surface area contributed by atoms with Crippen molar-refractivity contribution in [2.24, 2.45) is 0 Å². The zero-order valence-corrected chi connectivity index (χ0v) is 5.52. The van der Waals surface area contributed by atoms with Gasteiger partial charge in [-0.25, -0.2) is 0 Å². The molecule has 24 valence electrons. The summed E-state index contributed by atoms with van der Waals surface area (Å²) in [6.07, 6.45) is 0. The van der Waals surface area contributed by atoms with Crippen LogP contribution in [-0.4, -0.2) is 29.4 Å². The molecule has 0 unspecified atom stereocenters. The third kappa shape index (κ3) is 8.84. The minimum atomic E-state index is 0. The third-order valence-electron chi connectivity index (χ3n) is 0. The predicted molar refractivity (Wildman–Crippen MR) is 14.9 cm³/mol. The quantitative estimate of drug-likeness (QED) is 0.448. The van der Waals surface area contributed by atoms with E-state index in [0.29, 0.717) is 0 Å². The summed E-state index contributed by atoms with van der Waals surface area (Å²) in [6.45, 7) is 0. The fourth-order valence-corrected chi connectivity index (χ4v) is 0. The van der Waals surface area contributed by atoms with Gasteiger partial charge in [0.15, 0.2) is 0 Å². The molecule has 0 fully saturated rings. The Balaban J connectivity index is 0. The maximum atomic E-state index is 0. The summed E-state index contributed by atoms with van der Waals surface area (Å²) in [5, 5.41) is 0. The van der Waals surface area contributed by atoms with E-state index in [2.05, 4.69) is 0 Å². The molecule has 0 bridgehead atoms. The number of hydrogen-bond donors (Lipinski definition) is 0. The molecule has 0 aromatic carbocycles. The van der Waals surface area contributed by atoms with Crippen molar-refractivity contribution in [3.8, 4) is 0 Å². The van der Waals surface area contributed by atoms with Crippen molar-refractivity contribution >= 4 is 23.9 Å². The second kappa shape index (κ2) is 18.3. The molecule has 2 N–H and O–H groups in total. The molecule has 4 heteroatoms. The zero-order chi connectivity index (χ0) is 0. The monoisotopic (exact) mass is 280 g/mol. The summed E-state index contributed by atoms with van der Waals surface area (Å²) in [7, 11) is 0. The van der Waals surface area contributed by atoms with Crippen LogP contribution in [0.25, 0.3) is 0 Å². The topological polar surface area (TPSA) is 31.5 Å². The van der Waals surface area contributed by atoms with Crippen molar-refractivity contribution in [1.82, 2.24) is 0 Å². The van der Waals surface area contributed by atoms with E-state index in [1.807, 2.05) is 0 Å². The van der Waals surface area contributed by atoms with E-state index < -0.39 is 0 Å². The first-order valence-corrected chi connectivity index (χ1v) is 0. The molecule has 0 aliphatic carbocycles. The van der Waals surface area contributed by atoms with Gasteiger partial charge in [-0.1, -0.05) is 0 Å². The van der Waals surface area contributed by atoms with E-state index in [0.717, 1.165) is 0 Å². The first-order chi connectivity index (χ1) is 0. The van der Waals surface area contributed by atoms with E-state index >= 15 is 0 Å². The molecule has 1 nitrogen and oxygen atoms in total. The third-order valence-corrected chi connectivity index (χ3v) is 0. The Labute approximate surface area is 76.2 Å². The minimum Gasteiger partial charge on any atom is 0 e. The molecular weight excluding hydrogens is 274 g/mol. The van der Waals surface area contributed by atoms with Gasteiger partial charge in [0.2, 0.25) is 0 Å². The van der Waals surface area contributed by atoms with E-state index in [1.165, 1.54) is 0 Å². The molecule has 4 heavy (non-hydrogen) atoms. The maximum absolute atomic E-state index is 0. The van der Waals surface area contributed by atoms with Crippen molar-refractivity contribution in [2.45, 2.75) is 0 Å². The largest absolute Gasteiger partial charge is 0 e. The molecule has 0 saturated heterocycles. The van der Waals surface area contributed by atoms with E-state index in [4.69, 9.17) is 0 Å². The molecule has 0 aromatic rings. The summed E-state index contributed by atoms with van der Waals surface area (Å²) in [5.74, 6) is 0. The average molecular weight is 280 g/mol. The van der Waals surface area contributed by atoms with Gasteiger partial charge >= 0.3 is 23.9 Å². The SMILES string of the molecule is O.[SnH4].[Ti].[Zr]. The predicted octanol–water partition coefficient (Wildman–Crippen LogP) is -2.28. The second-order valence-electron chi connectivity index (χ2n) is 0. The Morgan fingerprint density at radius 3 is 1.00 bits per heavy atom. The summed E-state index contributed by atoms with van der Waals surface area (Å²) in [4.78, 5) is 0. The molecule has 0 atom stereocenters. The smallest absolute Gasteiger partial charge is 0 e. The van der Waals surface area contributed by atoms with Crippen LogP contribution in [0, 0.1) is 0 Å². The van der Waals surface area contributed by atoms with Gasteiger partial charge in [0.1, 0.15) is 0 Å². The molecule has 0 amide bonds. The van der Waals surface area contributed by atoms with Crippen LogP contribution < -0.4 is 0 Å². The van der Waals surface area contributed by atoms with Crippen LogP contribution >= 0.6 is 0 Å². The molecule has 0 radical (unpaired) electrons. The van der Waals surface area contributed by atoms with Gasteiger partial charge in [-0.15, -0.1) is 0 Å². The second-order valence-corrected chi connectivity index (χ2v) is 0. The standard InChI is InChI=1S/H2O.Sn.Ti.Zr.4H/h1H2;;;;;;;. The first-order valence-electron chi connectivity index (χ1n) is 0. The molecule has 0 aromatic heterocycles. The van der Waals surface area contributed by atoms with Gasteiger partial charge in [-0.3, -0.25) is 0 Å². The van der Waals surface area contributed by atoms with Gasteiger partial charge in [-0.05, 0) is 0 Å². The summed E-state index contributed by atoms with van der Waals surface area (Å²) in [5.41, 5.74) is 0. The van der Waals surface area contributed by atoms with Gasteiger partial charge < -0.3 is 5.48 Å². The molecule has 0 aliphatic heterocycles. The van der Waals surface area contributed by atoms with Crippen molar-refractivity contribution in [1.29, 1.82) is 0 Å². The summed E-state index contributed by atoms with van der Waals surface area (Å²) >= 11 is 0. The molecule has 0 saturated carbocycles. The van der Waals surface area contributed by atoms with Crippen molar-refractivity contribution in [3.63, 3.8) is 0 Å². The Kier molecular flexibility index (Phi) is 150. The number of rotatable bonds is 0. The molecule has 0 rings (SSSR count). The van der Waals surface area contributed by atoms with Crippen LogP contribution in [-0.2, 0) is 47.9 Å². The van der Waals surface area contributed by atoms with Gasteiger partial charge in [0, 0.05) is 47.9 Å². The van der Waals surface area contributed by atoms with Crippen LogP contribution in [0.4, 0.5) is 0 Å². The van der Waals surface area contributed by atoms with Crippen LogP contribution in [0.15, 0.2) is 0 Å². The Morgan fingerprint density at radius 2 is 1.00 bits per heavy atom. The molecule has 0 spiro atoms. The van der Waals surface area contributed by atoms with Crippen molar-refractivity contribution in [2.75, 3.05) is 0 Å². The fraction of sp³-hybridized carbons (Fsp3) is 0. The zero-order valence-electron chi connectivity index (χ0n) is 1.50. The van der Waals surface area contributed by atoms with Crippen LogP contribution in [0.1, 0.15) is 0 Å². The van der Waals surface area contributed by atoms with Gasteiger partial charge in [0.25, 0.3) is 0 Å². The molecule has 0 aliphatic rings. The van der Waals surface area contributed by atoms with Gasteiger partial charge in [-0.2, -0.15) is 0 Å². The van der Waals surface area contributed by atoms with Crippen molar-refractivity contribution < 1.29 is 53.4 Å². The average Bonchev–Trinajstić information content (AvgIpc) is 0. The van der Waals surface area contributed by atoms with E-state index in [-0.39, 0.29) is 77.3 Å². The minimum absolute atomic E-state index is 0. The summed E-state index contributed by atoms with van der Waals surface area (Å²) in [6, 6.07) is 0. The fourth-order valence-electron chi connectivity index (χ4n) is 0. The van der Waals surface area contributed by atoms with E-state index in [1.54, 1.807) is 0 Å². The Morgan fingerprint density at radius 1 is 1.00 bits per heavy atom. The summed E-state index contributed by atoms with van der Waals surface area (Å²) < 4.78 is 0. The number of hydrogen-bond acceptors (Lipinski definition) is 0. The van der Waals surface area contributed by atoms with Crippen LogP contribution in [0.5, 0.6) is 0 Å². The van der Waals surface area contributed by atoms with Crippen molar-refractivity contribution in [3.05, 3.63) is 0 Å². The Hall–Kier alpha value is 2.36. The van der Waals surface area contributed by atoms with Crippen LogP contribution in [0.2, 0.25) is 0 Å². The normalized spacial score (nSPS) is 0. The first kappa shape index (κ1) is 32.8. The van der Waals surface area contributed by atoms with Crippen LogP contribution in [0.3, 0.4) is 0 Å². The van der Waals surface area contributed by atoms with Gasteiger partial charge in [0.05, 0.1) is 0 Å². The molecular formula is H6OSnTiZr. The molecule has 0 heterocycles. The van der Waals surface area contributed by atoms with E-state index in [9.17, 15) is 0 Å². The maximum Gasteiger partial charge on any atom is 0 e. The Bertz CT molecular complexity index is 8.00.